The molecule has 0 radical (unpaired) electrons. The van der Waals surface area contributed by atoms with Crippen LogP contribution in [0.3, 0.4) is 0 Å². The summed E-state index contributed by atoms with van der Waals surface area (Å²) in [6.07, 6.45) is 6.20. The van der Waals surface area contributed by atoms with Crippen molar-refractivity contribution in [2.75, 3.05) is 11.9 Å². The summed E-state index contributed by atoms with van der Waals surface area (Å²) in [5.41, 5.74) is 4.88. The molecule has 8 heteroatoms. The molecule has 1 aliphatic heterocycles. The number of rotatable bonds is 6. The maximum Gasteiger partial charge on any atom is 0.213 e. The van der Waals surface area contributed by atoms with Gasteiger partial charge in [-0.3, -0.25) is 4.40 Å². The normalized spacial score (nSPS) is 12.8. The van der Waals surface area contributed by atoms with Crippen LogP contribution in [0.15, 0.2) is 42.9 Å². The maximum atomic E-state index is 14.5. The number of aryl methyl sites for hydroxylation is 1. The molecule has 1 N–H and O–H groups in total. The van der Waals surface area contributed by atoms with Crippen molar-refractivity contribution in [3.63, 3.8) is 0 Å². The molecular weight excluding hydrogens is 409 g/mol. The molecule has 0 saturated heterocycles. The molecule has 0 amide bonds. The van der Waals surface area contributed by atoms with Crippen molar-refractivity contribution >= 4 is 11.6 Å². The van der Waals surface area contributed by atoms with Gasteiger partial charge >= 0.3 is 0 Å². The van der Waals surface area contributed by atoms with Gasteiger partial charge in [-0.15, -0.1) is 0 Å². The number of pyridine rings is 1. The number of nitrogens with zero attached hydrogens (tertiary/aromatic N) is 4. The summed E-state index contributed by atoms with van der Waals surface area (Å²) in [5, 5.41) is 3.28. The quantitative estimate of drug-likeness (QED) is 0.480. The molecule has 1 aliphatic rings. The van der Waals surface area contributed by atoms with E-state index in [-0.39, 0.29) is 11.9 Å². The standard InChI is InChI=1S/C24H24FN5O2/c1-14(2)32-22-7-4-16(10-26-22)18-11-27-24(30-13-15(3)29-23(18)30)28-12-19-17-8-9-31-21(17)6-5-20(19)25/h4-7,10-11,13-14H,8-9,12H2,1-3H3,(H,27,28). The van der Waals surface area contributed by atoms with E-state index in [0.717, 1.165) is 33.8 Å². The number of ether oxygens (including phenoxy) is 2. The molecule has 0 aliphatic carbocycles. The second-order valence-electron chi connectivity index (χ2n) is 8.08. The number of hydrogen-bond donors (Lipinski definition) is 1. The maximum absolute atomic E-state index is 14.5. The summed E-state index contributed by atoms with van der Waals surface area (Å²) in [6.45, 7) is 6.74. The molecule has 0 spiro atoms. The number of fused-ring (bicyclic) bond motifs is 2. The third-order valence-corrected chi connectivity index (χ3v) is 5.38. The van der Waals surface area contributed by atoms with Gasteiger partial charge in [-0.25, -0.2) is 19.3 Å². The second-order valence-corrected chi connectivity index (χ2v) is 8.08. The van der Waals surface area contributed by atoms with E-state index < -0.39 is 0 Å². The molecule has 1 aromatic carbocycles. The molecule has 3 aromatic heterocycles. The molecule has 7 nitrogen and oxygen atoms in total. The van der Waals surface area contributed by atoms with E-state index >= 15 is 0 Å². The molecule has 5 rings (SSSR count). The Morgan fingerprint density at radius 1 is 1.19 bits per heavy atom. The van der Waals surface area contributed by atoms with E-state index in [1.165, 1.54) is 6.07 Å². The highest BCUT2D eigenvalue weighted by Gasteiger charge is 2.20. The van der Waals surface area contributed by atoms with Crippen LogP contribution in [0.25, 0.3) is 16.8 Å². The van der Waals surface area contributed by atoms with Crippen LogP contribution in [-0.2, 0) is 13.0 Å². The number of hydrogen-bond acceptors (Lipinski definition) is 6. The molecule has 0 fully saturated rings. The van der Waals surface area contributed by atoms with E-state index in [1.807, 2.05) is 43.5 Å². The molecule has 0 unspecified atom stereocenters. The lowest BCUT2D eigenvalue weighted by molar-refractivity contribution is 0.232. The number of imidazole rings is 1. The average molecular weight is 433 g/mol. The molecule has 4 heterocycles. The van der Waals surface area contributed by atoms with Gasteiger partial charge in [-0.1, -0.05) is 0 Å². The average Bonchev–Trinajstić information content (AvgIpc) is 3.39. The molecule has 0 atom stereocenters. The van der Waals surface area contributed by atoms with Crippen molar-refractivity contribution in [3.8, 4) is 22.8 Å². The van der Waals surface area contributed by atoms with Gasteiger partial charge in [0, 0.05) is 59.9 Å². The second kappa shape index (κ2) is 8.11. The lowest BCUT2D eigenvalue weighted by atomic mass is 10.0. The largest absolute Gasteiger partial charge is 0.493 e. The monoisotopic (exact) mass is 433 g/mol. The number of halogens is 1. The minimum absolute atomic E-state index is 0.0595. The topological polar surface area (TPSA) is 73.6 Å². The number of aromatic nitrogens is 4. The molecule has 0 bridgehead atoms. The van der Waals surface area contributed by atoms with E-state index in [0.29, 0.717) is 37.0 Å². The van der Waals surface area contributed by atoms with Crippen LogP contribution in [0.1, 0.15) is 30.7 Å². The summed E-state index contributed by atoms with van der Waals surface area (Å²) in [6, 6.07) is 6.93. The van der Waals surface area contributed by atoms with Crippen molar-refractivity contribution < 1.29 is 13.9 Å². The van der Waals surface area contributed by atoms with Crippen molar-refractivity contribution in [1.82, 2.24) is 19.4 Å². The van der Waals surface area contributed by atoms with Gasteiger partial charge < -0.3 is 14.8 Å². The van der Waals surface area contributed by atoms with Crippen LogP contribution >= 0.6 is 0 Å². The first-order valence-electron chi connectivity index (χ1n) is 10.6. The Balaban J connectivity index is 1.46. The lowest BCUT2D eigenvalue weighted by Gasteiger charge is -2.13. The highest BCUT2D eigenvalue weighted by atomic mass is 19.1. The van der Waals surface area contributed by atoms with Crippen LogP contribution in [-0.4, -0.2) is 32.1 Å². The first-order valence-corrected chi connectivity index (χ1v) is 10.6. The van der Waals surface area contributed by atoms with Gasteiger partial charge in [0.15, 0.2) is 0 Å². The predicted octanol–water partition coefficient (Wildman–Crippen LogP) is 4.57. The van der Waals surface area contributed by atoms with Crippen molar-refractivity contribution in [2.24, 2.45) is 0 Å². The Kier molecular flexibility index (Phi) is 5.13. The summed E-state index contributed by atoms with van der Waals surface area (Å²) in [7, 11) is 0. The Morgan fingerprint density at radius 2 is 2.06 bits per heavy atom. The van der Waals surface area contributed by atoms with Crippen LogP contribution < -0.4 is 14.8 Å². The van der Waals surface area contributed by atoms with Gasteiger partial charge in [-0.2, -0.15) is 0 Å². The zero-order valence-corrected chi connectivity index (χ0v) is 18.2. The number of nitrogens with one attached hydrogen (secondary N) is 1. The summed E-state index contributed by atoms with van der Waals surface area (Å²) < 4.78 is 27.6. The third-order valence-electron chi connectivity index (χ3n) is 5.38. The van der Waals surface area contributed by atoms with E-state index in [2.05, 4.69) is 20.3 Å². The lowest BCUT2D eigenvalue weighted by Crippen LogP contribution is -2.10. The Hall–Kier alpha value is -3.68. The third kappa shape index (κ3) is 3.72. The van der Waals surface area contributed by atoms with Gasteiger partial charge in [-0.05, 0) is 39.0 Å². The zero-order valence-electron chi connectivity index (χ0n) is 18.2. The van der Waals surface area contributed by atoms with Crippen LogP contribution in [0, 0.1) is 12.7 Å². The number of anilines is 1. The Morgan fingerprint density at radius 3 is 2.84 bits per heavy atom. The number of benzene rings is 1. The molecule has 32 heavy (non-hydrogen) atoms. The van der Waals surface area contributed by atoms with E-state index in [9.17, 15) is 4.39 Å². The predicted molar refractivity (Wildman–Crippen MR) is 120 cm³/mol. The van der Waals surface area contributed by atoms with Gasteiger partial charge in [0.05, 0.1) is 18.4 Å². The summed E-state index contributed by atoms with van der Waals surface area (Å²) in [4.78, 5) is 13.7. The van der Waals surface area contributed by atoms with Gasteiger partial charge in [0.1, 0.15) is 17.2 Å². The SMILES string of the molecule is Cc1cn2c(NCc3c(F)ccc4c3CCO4)ncc(-c3ccc(OC(C)C)nc3)c2n1. The van der Waals surface area contributed by atoms with Gasteiger partial charge in [0.2, 0.25) is 11.8 Å². The summed E-state index contributed by atoms with van der Waals surface area (Å²) >= 11 is 0. The van der Waals surface area contributed by atoms with Crippen molar-refractivity contribution in [1.29, 1.82) is 0 Å². The van der Waals surface area contributed by atoms with E-state index in [1.54, 1.807) is 18.5 Å². The fourth-order valence-corrected chi connectivity index (χ4v) is 3.95. The Bertz CT molecular complexity index is 1280. The fraction of sp³-hybridized carbons (Fsp3) is 0.292. The fourth-order valence-electron chi connectivity index (χ4n) is 3.95. The molecular formula is C24H24FN5O2. The minimum atomic E-state index is -0.244. The van der Waals surface area contributed by atoms with Crippen LogP contribution in [0.5, 0.6) is 11.6 Å². The molecule has 0 saturated carbocycles. The highest BCUT2D eigenvalue weighted by Crippen LogP contribution is 2.31. The first kappa shape index (κ1) is 20.2. The van der Waals surface area contributed by atoms with E-state index in [4.69, 9.17) is 9.47 Å². The first-order chi connectivity index (χ1) is 15.5. The Labute approximate surface area is 185 Å². The zero-order chi connectivity index (χ0) is 22.2. The summed E-state index contributed by atoms with van der Waals surface area (Å²) in [5.74, 6) is 1.68. The smallest absolute Gasteiger partial charge is 0.213 e. The minimum Gasteiger partial charge on any atom is -0.493 e. The molecule has 164 valence electrons. The van der Waals surface area contributed by atoms with Crippen molar-refractivity contribution in [3.05, 3.63) is 65.5 Å². The highest BCUT2D eigenvalue weighted by molar-refractivity contribution is 5.77. The molecule has 4 aromatic rings. The van der Waals surface area contributed by atoms with Crippen LogP contribution in [0.4, 0.5) is 10.3 Å². The van der Waals surface area contributed by atoms with Crippen molar-refractivity contribution in [2.45, 2.75) is 39.8 Å². The van der Waals surface area contributed by atoms with Crippen LogP contribution in [0.2, 0.25) is 0 Å². The van der Waals surface area contributed by atoms with Gasteiger partial charge in [0.25, 0.3) is 0 Å².